The topological polar surface area (TPSA) is 168 Å². The van der Waals surface area contributed by atoms with Gasteiger partial charge in [-0.2, -0.15) is 0 Å². The number of amides is 2. The number of benzene rings is 2. The number of aliphatic hydroxyl groups is 1. The van der Waals surface area contributed by atoms with E-state index in [1.807, 2.05) is 37.4 Å². The molecule has 0 saturated carbocycles. The van der Waals surface area contributed by atoms with E-state index < -0.39 is 17.7 Å². The van der Waals surface area contributed by atoms with Gasteiger partial charge in [0, 0.05) is 73.9 Å². The Bertz CT molecular complexity index is 2980. The van der Waals surface area contributed by atoms with Gasteiger partial charge in [0.1, 0.15) is 18.9 Å². The number of hydrogen-bond acceptors (Lipinski definition) is 11. The number of nitrogens with zero attached hydrogens (tertiary/aromatic N) is 5. The summed E-state index contributed by atoms with van der Waals surface area (Å²) in [5, 5.41) is 18.3. The van der Waals surface area contributed by atoms with Crippen LogP contribution in [0.2, 0.25) is 0 Å². The van der Waals surface area contributed by atoms with Gasteiger partial charge in [-0.25, -0.2) is 14.6 Å². The molecule has 1 saturated heterocycles. The smallest absolute Gasteiger partial charge is 0.415 e. The van der Waals surface area contributed by atoms with Crippen LogP contribution in [0.5, 0.6) is 5.75 Å². The molecule has 0 aliphatic carbocycles. The molecule has 7 rings (SSSR count). The largest absolute Gasteiger partial charge is 0.458 e. The third-order valence-corrected chi connectivity index (χ3v) is 13.3. The number of esters is 1. The van der Waals surface area contributed by atoms with Crippen molar-refractivity contribution in [2.24, 2.45) is 4.99 Å². The number of anilines is 1. The van der Waals surface area contributed by atoms with Gasteiger partial charge in [-0.3, -0.25) is 19.5 Å². The zero-order chi connectivity index (χ0) is 52.8. The fourth-order valence-electron chi connectivity index (χ4n) is 9.16. The van der Waals surface area contributed by atoms with E-state index in [2.05, 4.69) is 112 Å². The predicted octanol–water partition coefficient (Wildman–Crippen LogP) is 10.3. The van der Waals surface area contributed by atoms with Gasteiger partial charge in [0.25, 0.3) is 5.56 Å². The van der Waals surface area contributed by atoms with Gasteiger partial charge < -0.3 is 34.7 Å². The van der Waals surface area contributed by atoms with Gasteiger partial charge in [0.2, 0.25) is 5.91 Å². The molecule has 14 nitrogen and oxygen atoms in total. The summed E-state index contributed by atoms with van der Waals surface area (Å²) in [7, 11) is 0. The minimum absolute atomic E-state index is 0.0217. The molecule has 392 valence electrons. The van der Waals surface area contributed by atoms with Crippen molar-refractivity contribution >= 4 is 40.8 Å². The fourth-order valence-corrected chi connectivity index (χ4v) is 9.16. The summed E-state index contributed by atoms with van der Waals surface area (Å²) in [4.78, 5) is 66.2. The van der Waals surface area contributed by atoms with Crippen LogP contribution < -0.4 is 20.9 Å². The van der Waals surface area contributed by atoms with E-state index in [-0.39, 0.29) is 48.7 Å². The average molecular weight is 1010 g/mol. The van der Waals surface area contributed by atoms with Crippen molar-refractivity contribution in [1.82, 2.24) is 24.7 Å². The van der Waals surface area contributed by atoms with Crippen LogP contribution in [-0.2, 0) is 46.2 Å². The van der Waals surface area contributed by atoms with Crippen LogP contribution >= 0.6 is 0 Å². The molecule has 75 heavy (non-hydrogen) atoms. The quantitative estimate of drug-likeness (QED) is 0.0188. The highest BCUT2D eigenvalue weighted by Gasteiger charge is 2.45. The lowest BCUT2D eigenvalue weighted by molar-refractivity contribution is -0.172. The Morgan fingerprint density at radius 3 is 2.15 bits per heavy atom. The molecule has 2 aromatic carbocycles. The summed E-state index contributed by atoms with van der Waals surface area (Å²) in [6.45, 7) is 9.45. The Hall–Kier alpha value is -7.60. The van der Waals surface area contributed by atoms with E-state index in [0.717, 1.165) is 72.7 Å². The molecule has 2 amide bonds. The van der Waals surface area contributed by atoms with Gasteiger partial charge in [0.15, 0.2) is 5.60 Å². The van der Waals surface area contributed by atoms with Crippen molar-refractivity contribution in [2.45, 2.75) is 117 Å². The molecule has 5 heterocycles. The number of allylic oxidation sites excluding steroid dienone is 12. The first-order valence-electron chi connectivity index (χ1n) is 26.4. The lowest BCUT2D eigenvalue weighted by atomic mass is 9.86. The van der Waals surface area contributed by atoms with Gasteiger partial charge in [-0.1, -0.05) is 112 Å². The summed E-state index contributed by atoms with van der Waals surface area (Å²) in [5.41, 5.74) is 3.32. The van der Waals surface area contributed by atoms with Gasteiger partial charge in [-0.15, -0.1) is 0 Å². The number of hydrogen-bond donors (Lipinski definition) is 3. The highest BCUT2D eigenvalue weighted by atomic mass is 16.6. The van der Waals surface area contributed by atoms with Crippen molar-refractivity contribution in [3.05, 3.63) is 160 Å². The normalized spacial score (nSPS) is 16.7. The number of rotatable bonds is 23. The van der Waals surface area contributed by atoms with Crippen molar-refractivity contribution in [3.63, 3.8) is 0 Å². The molecular formula is C61H71N7O7. The van der Waals surface area contributed by atoms with Crippen LogP contribution in [0.25, 0.3) is 22.3 Å². The van der Waals surface area contributed by atoms with Crippen LogP contribution in [0.3, 0.4) is 0 Å². The molecule has 1 atom stereocenters. The summed E-state index contributed by atoms with van der Waals surface area (Å²) < 4.78 is 12.9. The Labute approximate surface area is 441 Å². The van der Waals surface area contributed by atoms with E-state index in [0.29, 0.717) is 74.8 Å². The molecule has 2 aromatic heterocycles. The van der Waals surface area contributed by atoms with Crippen molar-refractivity contribution in [3.8, 4) is 29.1 Å². The molecule has 1 fully saturated rings. The average Bonchev–Trinajstić information content (AvgIpc) is 3.81. The van der Waals surface area contributed by atoms with E-state index in [1.165, 1.54) is 0 Å². The standard InChI is InChI=1S/C61H71N7O7/c1-4-7-8-9-10-11-12-13-14-15-16-17-18-19-20-21-22-23-24-26-56(69)64-47-29-27-46(28-30-47)43-66-36-38-67(39-37-66)60(72)75-48-31-32-54-49(40-48)50(42-63-35-25-34-62-33-5-2)51-44-68-55(57(51)65-54)41-53-52(58(68)70)45-74-59(71)61(53,73)6-3/h7-8,10-11,13-14,16-17,19-20,22-23,27-33,40-41,63,73H,4-6,9,12,15,18,21,24,26,34,36-39,42-45H2,1-3H3,(H,64,69)/t61-/m0/s1. The first kappa shape index (κ1) is 55.2. The second-order valence-electron chi connectivity index (χ2n) is 18.6. The van der Waals surface area contributed by atoms with Crippen molar-refractivity contribution in [2.75, 3.05) is 38.0 Å². The maximum absolute atomic E-state index is 14.0. The van der Waals surface area contributed by atoms with Crippen LogP contribution in [0.15, 0.2) is 131 Å². The fraction of sp³-hybridized carbons (Fsp3) is 0.377. The Morgan fingerprint density at radius 2 is 1.49 bits per heavy atom. The number of carbonyl (C=O) groups excluding carboxylic acids is 3. The zero-order valence-corrected chi connectivity index (χ0v) is 43.7. The Kier molecular flexibility index (Phi) is 20.7. The minimum atomic E-state index is -1.94. The number of fused-ring (bicyclic) bond motifs is 5. The van der Waals surface area contributed by atoms with E-state index in [1.54, 1.807) is 40.7 Å². The number of carbonyl (C=O) groups is 3. The molecule has 3 N–H and O–H groups in total. The first-order valence-corrected chi connectivity index (χ1v) is 26.4. The molecule has 0 unspecified atom stereocenters. The number of piperazine rings is 1. The second-order valence-corrected chi connectivity index (χ2v) is 18.6. The number of ether oxygens (including phenoxy) is 2. The van der Waals surface area contributed by atoms with Crippen molar-refractivity contribution in [1.29, 1.82) is 0 Å². The Morgan fingerprint density at radius 1 is 0.827 bits per heavy atom. The van der Waals surface area contributed by atoms with Crippen molar-refractivity contribution < 1.29 is 29.0 Å². The lowest BCUT2D eigenvalue weighted by Crippen LogP contribution is -2.49. The number of aliphatic imine (C=N–C) groups is 1. The Balaban J connectivity index is 0.867. The second kappa shape index (κ2) is 28.2. The highest BCUT2D eigenvalue weighted by Crippen LogP contribution is 2.41. The molecule has 3 aliphatic rings. The monoisotopic (exact) mass is 1010 g/mol. The molecule has 4 aromatic rings. The number of pyridine rings is 2. The highest BCUT2D eigenvalue weighted by molar-refractivity contribution is 5.91. The van der Waals surface area contributed by atoms with Crippen LogP contribution in [0.1, 0.15) is 113 Å². The van der Waals surface area contributed by atoms with Gasteiger partial charge in [0.05, 0.1) is 29.0 Å². The summed E-state index contributed by atoms with van der Waals surface area (Å²) in [5.74, 6) is 2.56. The maximum atomic E-state index is 14.0. The summed E-state index contributed by atoms with van der Waals surface area (Å²) in [6, 6.07) is 17.9. The maximum Gasteiger partial charge on any atom is 0.415 e. The van der Waals surface area contributed by atoms with Crippen LogP contribution in [0, 0.1) is 12.0 Å². The van der Waals surface area contributed by atoms with E-state index >= 15 is 0 Å². The molecule has 0 radical (unpaired) electrons. The molecular weight excluding hydrogens is 943 g/mol. The lowest BCUT2D eigenvalue weighted by Gasteiger charge is -2.34. The van der Waals surface area contributed by atoms with Gasteiger partial charge in [-0.05, 0) is 112 Å². The predicted molar refractivity (Wildman–Crippen MR) is 298 cm³/mol. The van der Waals surface area contributed by atoms with E-state index in [4.69, 9.17) is 14.5 Å². The summed E-state index contributed by atoms with van der Waals surface area (Å²) in [6.07, 6.45) is 35.1. The number of aromatic nitrogens is 2. The zero-order valence-electron chi connectivity index (χ0n) is 43.7. The van der Waals surface area contributed by atoms with Gasteiger partial charge >= 0.3 is 12.1 Å². The van der Waals surface area contributed by atoms with E-state index in [9.17, 15) is 24.3 Å². The number of cyclic esters (lactones) is 1. The minimum Gasteiger partial charge on any atom is -0.458 e. The molecule has 3 aliphatic heterocycles. The SMILES string of the molecule is CCC=CCC=CCC=CCC=CCC=CCC=CCCC(=O)Nc1ccc(CN2CCN(C(=O)Oc3ccc4nc5c(c(CNC#CCN=CCC)c4c3)Cn3c-5cc4c(c3=O)COC(=O)[C@]4(O)CC)CC2)cc1. The van der Waals surface area contributed by atoms with Crippen LogP contribution in [-0.4, -0.2) is 81.4 Å². The first-order chi connectivity index (χ1) is 36.6. The third kappa shape index (κ3) is 15.0. The molecule has 14 heteroatoms. The molecule has 0 bridgehead atoms. The third-order valence-electron chi connectivity index (χ3n) is 13.3. The summed E-state index contributed by atoms with van der Waals surface area (Å²) >= 11 is 0. The number of nitrogens with one attached hydrogen (secondary N) is 2. The molecule has 0 spiro atoms. The van der Waals surface area contributed by atoms with Crippen LogP contribution in [0.4, 0.5) is 10.5 Å².